The second-order valence-electron chi connectivity index (χ2n) is 1.63. The first-order chi connectivity index (χ1) is 4.84. The van der Waals surface area contributed by atoms with Crippen LogP contribution in [0.25, 0.3) is 0 Å². The van der Waals surface area contributed by atoms with Crippen LogP contribution >= 0.6 is 0 Å². The van der Waals surface area contributed by atoms with E-state index in [0.717, 1.165) is 11.5 Å². The molecule has 0 aliphatic carbocycles. The van der Waals surface area contributed by atoms with E-state index in [4.69, 9.17) is 0 Å². The van der Waals surface area contributed by atoms with Gasteiger partial charge in [0.15, 0.2) is 0 Å². The summed E-state index contributed by atoms with van der Waals surface area (Å²) in [7, 11) is 1.85. The fourth-order valence-electron chi connectivity index (χ4n) is 0.611. The SMILES string of the molecule is CC.CNc1nc[nH]c1C. The van der Waals surface area contributed by atoms with Gasteiger partial charge in [-0.25, -0.2) is 4.98 Å². The highest BCUT2D eigenvalue weighted by Crippen LogP contribution is 2.03. The van der Waals surface area contributed by atoms with Gasteiger partial charge in [0.05, 0.1) is 12.0 Å². The normalized spacial score (nSPS) is 8.00. The largest absolute Gasteiger partial charge is 0.372 e. The average Bonchev–Trinajstić information content (AvgIpc) is 2.39. The Labute approximate surface area is 61.9 Å². The molecular formula is C7H15N3. The predicted octanol–water partition coefficient (Wildman–Crippen LogP) is 1.79. The van der Waals surface area contributed by atoms with Crippen molar-refractivity contribution in [3.63, 3.8) is 0 Å². The van der Waals surface area contributed by atoms with Crippen molar-refractivity contribution in [1.82, 2.24) is 9.97 Å². The van der Waals surface area contributed by atoms with Gasteiger partial charge in [-0.05, 0) is 6.92 Å². The van der Waals surface area contributed by atoms with Gasteiger partial charge in [-0.1, -0.05) is 13.8 Å². The highest BCUT2D eigenvalue weighted by atomic mass is 15.0. The van der Waals surface area contributed by atoms with Gasteiger partial charge < -0.3 is 10.3 Å². The smallest absolute Gasteiger partial charge is 0.146 e. The molecule has 2 N–H and O–H groups in total. The number of nitrogens with zero attached hydrogens (tertiary/aromatic N) is 1. The number of aromatic amines is 1. The van der Waals surface area contributed by atoms with Gasteiger partial charge in [-0.3, -0.25) is 0 Å². The lowest BCUT2D eigenvalue weighted by Gasteiger charge is -1.90. The number of rotatable bonds is 1. The molecule has 1 aromatic heterocycles. The van der Waals surface area contributed by atoms with Crippen LogP contribution in [0.3, 0.4) is 0 Å². The van der Waals surface area contributed by atoms with Crippen LogP contribution in [-0.4, -0.2) is 17.0 Å². The molecule has 58 valence electrons. The molecule has 0 saturated heterocycles. The fraction of sp³-hybridized carbons (Fsp3) is 0.571. The van der Waals surface area contributed by atoms with Gasteiger partial charge in [0.2, 0.25) is 0 Å². The van der Waals surface area contributed by atoms with Crippen molar-refractivity contribution >= 4 is 5.82 Å². The van der Waals surface area contributed by atoms with Gasteiger partial charge in [0.25, 0.3) is 0 Å². The molecule has 0 aromatic carbocycles. The van der Waals surface area contributed by atoms with Crippen LogP contribution in [0.5, 0.6) is 0 Å². The Morgan fingerprint density at radius 2 is 2.10 bits per heavy atom. The minimum atomic E-state index is 0.921. The summed E-state index contributed by atoms with van der Waals surface area (Å²) in [6.45, 7) is 5.97. The molecule has 0 atom stereocenters. The maximum Gasteiger partial charge on any atom is 0.146 e. The highest BCUT2D eigenvalue weighted by molar-refractivity contribution is 5.37. The number of aryl methyl sites for hydroxylation is 1. The predicted molar refractivity (Wildman–Crippen MR) is 44.2 cm³/mol. The Hall–Kier alpha value is -0.990. The Balaban J connectivity index is 0.000000371. The number of hydrogen-bond donors (Lipinski definition) is 2. The zero-order chi connectivity index (χ0) is 7.98. The number of aromatic nitrogens is 2. The molecule has 0 bridgehead atoms. The van der Waals surface area contributed by atoms with Crippen LogP contribution in [0.1, 0.15) is 19.5 Å². The summed E-state index contributed by atoms with van der Waals surface area (Å²) < 4.78 is 0. The molecule has 1 rings (SSSR count). The van der Waals surface area contributed by atoms with Gasteiger partial charge in [-0.15, -0.1) is 0 Å². The molecule has 0 aliphatic rings. The minimum absolute atomic E-state index is 0.921. The third kappa shape index (κ3) is 2.09. The third-order valence-corrected chi connectivity index (χ3v) is 1.07. The van der Waals surface area contributed by atoms with E-state index in [0.29, 0.717) is 0 Å². The number of nitrogens with one attached hydrogen (secondary N) is 2. The number of anilines is 1. The van der Waals surface area contributed by atoms with E-state index in [9.17, 15) is 0 Å². The molecule has 3 nitrogen and oxygen atoms in total. The highest BCUT2D eigenvalue weighted by Gasteiger charge is 1.92. The number of hydrogen-bond acceptors (Lipinski definition) is 2. The van der Waals surface area contributed by atoms with E-state index in [1.807, 2.05) is 27.8 Å². The lowest BCUT2D eigenvalue weighted by atomic mass is 10.5. The van der Waals surface area contributed by atoms with Gasteiger partial charge in [-0.2, -0.15) is 0 Å². The molecule has 0 spiro atoms. The Bertz CT molecular complexity index is 169. The summed E-state index contributed by atoms with van der Waals surface area (Å²) in [6.07, 6.45) is 1.67. The standard InChI is InChI=1S/C5H9N3.C2H6/c1-4-5(6-2)8-3-7-4;1-2/h3,6H,1-2H3,(H,7,8);1-2H3. The van der Waals surface area contributed by atoms with E-state index in [2.05, 4.69) is 15.3 Å². The molecule has 0 unspecified atom stereocenters. The van der Waals surface area contributed by atoms with E-state index >= 15 is 0 Å². The van der Waals surface area contributed by atoms with Crippen molar-refractivity contribution < 1.29 is 0 Å². The first-order valence-electron chi connectivity index (χ1n) is 3.52. The van der Waals surface area contributed by atoms with E-state index < -0.39 is 0 Å². The van der Waals surface area contributed by atoms with Crippen molar-refractivity contribution in [3.05, 3.63) is 12.0 Å². The molecule has 1 aromatic rings. The fourth-order valence-corrected chi connectivity index (χ4v) is 0.611. The van der Waals surface area contributed by atoms with Gasteiger partial charge in [0.1, 0.15) is 5.82 Å². The summed E-state index contributed by atoms with van der Waals surface area (Å²) >= 11 is 0. The number of imidazole rings is 1. The molecular weight excluding hydrogens is 126 g/mol. The van der Waals surface area contributed by atoms with Crippen LogP contribution < -0.4 is 5.32 Å². The summed E-state index contributed by atoms with van der Waals surface area (Å²) in [5.41, 5.74) is 1.08. The van der Waals surface area contributed by atoms with E-state index in [1.165, 1.54) is 0 Å². The minimum Gasteiger partial charge on any atom is -0.372 e. The molecule has 3 heteroatoms. The van der Waals surface area contributed by atoms with Crippen LogP contribution in [0.15, 0.2) is 6.33 Å². The summed E-state index contributed by atoms with van der Waals surface area (Å²) in [5, 5.41) is 2.93. The van der Waals surface area contributed by atoms with E-state index in [1.54, 1.807) is 6.33 Å². The molecule has 1 heterocycles. The maximum absolute atomic E-state index is 3.97. The second-order valence-corrected chi connectivity index (χ2v) is 1.63. The van der Waals surface area contributed by atoms with Crippen LogP contribution in [0, 0.1) is 6.92 Å². The van der Waals surface area contributed by atoms with Crippen molar-refractivity contribution in [3.8, 4) is 0 Å². The van der Waals surface area contributed by atoms with Crippen LogP contribution in [0.4, 0.5) is 5.82 Å². The Kier molecular flexibility index (Phi) is 4.37. The molecule has 0 aliphatic heterocycles. The van der Waals surface area contributed by atoms with Crippen molar-refractivity contribution in [1.29, 1.82) is 0 Å². The van der Waals surface area contributed by atoms with Crippen molar-refractivity contribution in [2.45, 2.75) is 20.8 Å². The summed E-state index contributed by atoms with van der Waals surface area (Å²) in [6, 6.07) is 0. The van der Waals surface area contributed by atoms with Crippen molar-refractivity contribution in [2.24, 2.45) is 0 Å². The van der Waals surface area contributed by atoms with E-state index in [-0.39, 0.29) is 0 Å². The average molecular weight is 141 g/mol. The molecule has 10 heavy (non-hydrogen) atoms. The summed E-state index contributed by atoms with van der Waals surface area (Å²) in [4.78, 5) is 6.91. The van der Waals surface area contributed by atoms with Crippen LogP contribution in [-0.2, 0) is 0 Å². The molecule has 0 amide bonds. The second kappa shape index (κ2) is 4.85. The van der Waals surface area contributed by atoms with Crippen LogP contribution in [0.2, 0.25) is 0 Å². The maximum atomic E-state index is 3.97. The van der Waals surface area contributed by atoms with Crippen molar-refractivity contribution in [2.75, 3.05) is 12.4 Å². The third-order valence-electron chi connectivity index (χ3n) is 1.07. The quantitative estimate of drug-likeness (QED) is 0.626. The Morgan fingerprint density at radius 3 is 2.30 bits per heavy atom. The lowest BCUT2D eigenvalue weighted by molar-refractivity contribution is 1.25. The Morgan fingerprint density at radius 1 is 1.50 bits per heavy atom. The first kappa shape index (κ1) is 9.01. The summed E-state index contributed by atoms with van der Waals surface area (Å²) in [5.74, 6) is 0.921. The van der Waals surface area contributed by atoms with Gasteiger partial charge in [0, 0.05) is 7.05 Å². The van der Waals surface area contributed by atoms with Gasteiger partial charge >= 0.3 is 0 Å². The number of H-pyrrole nitrogens is 1. The first-order valence-corrected chi connectivity index (χ1v) is 3.52. The zero-order valence-electron chi connectivity index (χ0n) is 7.02. The molecule has 0 radical (unpaired) electrons. The zero-order valence-corrected chi connectivity index (χ0v) is 7.02. The molecule has 0 saturated carbocycles. The monoisotopic (exact) mass is 141 g/mol. The molecule has 0 fully saturated rings. The lowest BCUT2D eigenvalue weighted by Crippen LogP contribution is -1.88. The topological polar surface area (TPSA) is 40.7 Å².